The zero-order valence-corrected chi connectivity index (χ0v) is 16.2. The van der Waals surface area contributed by atoms with Gasteiger partial charge in [-0.1, -0.05) is 36.4 Å². The van der Waals surface area contributed by atoms with Gasteiger partial charge in [-0.05, 0) is 35.2 Å². The molecule has 4 rings (SSSR count). The number of carbonyl (C=O) groups is 2. The second kappa shape index (κ2) is 8.41. The predicted octanol–water partition coefficient (Wildman–Crippen LogP) is 2.09. The van der Waals surface area contributed by atoms with Crippen LogP contribution in [0, 0.1) is 5.82 Å². The normalized spacial score (nSPS) is 26.0. The molecule has 0 spiro atoms. The summed E-state index contributed by atoms with van der Waals surface area (Å²) < 4.78 is 19.1. The third kappa shape index (κ3) is 4.01. The van der Waals surface area contributed by atoms with Gasteiger partial charge in [-0.25, -0.2) is 9.18 Å². The van der Waals surface area contributed by atoms with Gasteiger partial charge in [0.25, 0.3) is 5.91 Å². The average molecular weight is 414 g/mol. The summed E-state index contributed by atoms with van der Waals surface area (Å²) >= 11 is 0. The van der Waals surface area contributed by atoms with Gasteiger partial charge in [0.1, 0.15) is 11.9 Å². The molecule has 1 fully saturated rings. The van der Waals surface area contributed by atoms with Crippen LogP contribution < -0.4 is 5.32 Å². The fourth-order valence-electron chi connectivity index (χ4n) is 4.24. The Morgan fingerprint density at radius 3 is 2.57 bits per heavy atom. The molecule has 2 aliphatic heterocycles. The molecule has 2 aliphatic rings. The van der Waals surface area contributed by atoms with Crippen LogP contribution in [0.1, 0.15) is 29.2 Å². The lowest BCUT2D eigenvalue weighted by molar-refractivity contribution is -0.155. The lowest BCUT2D eigenvalue weighted by atomic mass is 9.87. The Hall–Kier alpha value is -2.97. The highest BCUT2D eigenvalue weighted by molar-refractivity contribution is 5.82. The number of nitrogens with one attached hydrogen (secondary N) is 1. The van der Waals surface area contributed by atoms with Crippen LogP contribution in [0.2, 0.25) is 0 Å². The van der Waals surface area contributed by atoms with Gasteiger partial charge in [0.05, 0.1) is 24.8 Å². The minimum Gasteiger partial charge on any atom is -0.465 e. The molecule has 8 heteroatoms. The van der Waals surface area contributed by atoms with E-state index in [0.717, 1.165) is 16.7 Å². The number of carbonyl (C=O) groups excluding carboxylic acids is 1. The van der Waals surface area contributed by atoms with E-state index < -0.39 is 30.4 Å². The molecular weight excluding hydrogens is 391 g/mol. The van der Waals surface area contributed by atoms with Gasteiger partial charge in [-0.3, -0.25) is 4.79 Å². The Bertz CT molecular complexity index is 935. The Labute approximate surface area is 173 Å². The van der Waals surface area contributed by atoms with Gasteiger partial charge in [0.15, 0.2) is 0 Å². The highest BCUT2D eigenvalue weighted by Gasteiger charge is 2.40. The number of benzene rings is 2. The molecule has 7 nitrogen and oxygen atoms in total. The molecule has 158 valence electrons. The molecule has 1 saturated heterocycles. The number of aliphatic hydroxyl groups is 1. The van der Waals surface area contributed by atoms with E-state index >= 15 is 0 Å². The third-order valence-corrected chi connectivity index (χ3v) is 5.73. The van der Waals surface area contributed by atoms with Crippen LogP contribution in [0.3, 0.4) is 0 Å². The number of hydrogen-bond acceptors (Lipinski definition) is 4. The summed E-state index contributed by atoms with van der Waals surface area (Å²) in [5.41, 5.74) is 2.90. The van der Waals surface area contributed by atoms with E-state index in [1.165, 1.54) is 12.1 Å². The summed E-state index contributed by atoms with van der Waals surface area (Å²) in [6.45, 7) is 0.375. The number of ether oxygens (including phenoxy) is 1. The highest BCUT2D eigenvalue weighted by Crippen LogP contribution is 2.36. The fourth-order valence-corrected chi connectivity index (χ4v) is 4.24. The van der Waals surface area contributed by atoms with E-state index in [1.807, 2.05) is 24.3 Å². The first-order chi connectivity index (χ1) is 14.4. The maximum Gasteiger partial charge on any atom is 0.405 e. The van der Waals surface area contributed by atoms with E-state index in [-0.39, 0.29) is 24.8 Å². The van der Waals surface area contributed by atoms with Gasteiger partial charge in [0.2, 0.25) is 0 Å². The molecule has 0 saturated carbocycles. The number of amides is 2. The average Bonchev–Trinajstić information content (AvgIpc) is 2.74. The van der Waals surface area contributed by atoms with Gasteiger partial charge < -0.3 is 25.2 Å². The number of aliphatic hydroxyl groups excluding tert-OH is 1. The van der Waals surface area contributed by atoms with Crippen LogP contribution in [-0.4, -0.2) is 58.5 Å². The van der Waals surface area contributed by atoms with Gasteiger partial charge in [0, 0.05) is 13.0 Å². The number of nitrogens with zero attached hydrogens (tertiary/aromatic N) is 1. The van der Waals surface area contributed by atoms with Crippen molar-refractivity contribution in [1.29, 1.82) is 0 Å². The van der Waals surface area contributed by atoms with Crippen molar-refractivity contribution >= 4 is 12.0 Å². The molecule has 0 aliphatic carbocycles. The first kappa shape index (κ1) is 20.3. The first-order valence-corrected chi connectivity index (χ1v) is 9.87. The van der Waals surface area contributed by atoms with Crippen molar-refractivity contribution in [1.82, 2.24) is 10.2 Å². The van der Waals surface area contributed by atoms with Gasteiger partial charge in [-0.2, -0.15) is 0 Å². The van der Waals surface area contributed by atoms with Gasteiger partial charge in [-0.15, -0.1) is 0 Å². The van der Waals surface area contributed by atoms with Crippen LogP contribution >= 0.6 is 0 Å². The van der Waals surface area contributed by atoms with Crippen molar-refractivity contribution in [2.45, 2.75) is 37.1 Å². The predicted molar refractivity (Wildman–Crippen MR) is 105 cm³/mol. The maximum absolute atomic E-state index is 13.5. The number of halogens is 1. The van der Waals surface area contributed by atoms with Crippen LogP contribution in [0.15, 0.2) is 48.5 Å². The number of rotatable bonds is 3. The summed E-state index contributed by atoms with van der Waals surface area (Å²) in [7, 11) is 0. The van der Waals surface area contributed by atoms with Crippen LogP contribution in [-0.2, 0) is 16.0 Å². The molecule has 0 unspecified atom stereocenters. The molecule has 0 bridgehead atoms. The Kier molecular flexibility index (Phi) is 5.69. The molecule has 4 atom stereocenters. The molecule has 2 amide bonds. The minimum absolute atomic E-state index is 0.00192. The van der Waals surface area contributed by atoms with E-state index in [1.54, 1.807) is 17.0 Å². The highest BCUT2D eigenvalue weighted by atomic mass is 19.1. The summed E-state index contributed by atoms with van der Waals surface area (Å²) in [5, 5.41) is 21.3. The van der Waals surface area contributed by atoms with Crippen molar-refractivity contribution in [3.63, 3.8) is 0 Å². The number of carboxylic acid groups (broad SMARTS) is 1. The fraction of sp³-hybridized carbons (Fsp3) is 0.364. The molecular formula is C22H23FN2O5. The summed E-state index contributed by atoms with van der Waals surface area (Å²) in [5.74, 6) is -0.622. The number of hydrogen-bond donors (Lipinski definition) is 3. The minimum atomic E-state index is -1.25. The molecule has 30 heavy (non-hydrogen) atoms. The van der Waals surface area contributed by atoms with E-state index in [9.17, 15) is 19.1 Å². The third-order valence-electron chi connectivity index (χ3n) is 5.73. The second-order valence-electron chi connectivity index (χ2n) is 7.62. The molecule has 2 heterocycles. The topological polar surface area (TPSA) is 99.1 Å². The molecule has 2 aromatic rings. The Morgan fingerprint density at radius 1 is 1.13 bits per heavy atom. The van der Waals surface area contributed by atoms with Crippen molar-refractivity contribution in [3.8, 4) is 0 Å². The Balaban J connectivity index is 1.60. The van der Waals surface area contributed by atoms with Crippen molar-refractivity contribution < 1.29 is 28.9 Å². The quantitative estimate of drug-likeness (QED) is 0.714. The zero-order valence-electron chi connectivity index (χ0n) is 16.2. The summed E-state index contributed by atoms with van der Waals surface area (Å²) in [6.07, 6.45) is -2.47. The van der Waals surface area contributed by atoms with E-state index in [4.69, 9.17) is 9.84 Å². The largest absolute Gasteiger partial charge is 0.465 e. The SMILES string of the molecule is O=C(O)N[C@@H]1CO[C@@H](C(=O)N2CCc3ccccc3[C@@H]2c2ccc(F)cc2)C[C@@H]1O. The maximum atomic E-state index is 13.5. The monoisotopic (exact) mass is 414 g/mol. The summed E-state index contributed by atoms with van der Waals surface area (Å²) in [4.78, 5) is 25.9. The smallest absolute Gasteiger partial charge is 0.405 e. The standard InChI is InChI=1S/C22H23FN2O5/c23-15-7-5-14(6-8-15)20-16-4-2-1-3-13(16)9-10-25(20)21(27)19-11-18(26)17(12-30-19)24-22(28)29/h1-8,17-20,24,26H,9-12H2,(H,28,29)/t17-,18+,19-,20+/m1/s1. The van der Waals surface area contributed by atoms with Crippen molar-refractivity contribution in [2.24, 2.45) is 0 Å². The number of fused-ring (bicyclic) bond motifs is 1. The molecule has 0 radical (unpaired) electrons. The second-order valence-corrected chi connectivity index (χ2v) is 7.62. The van der Waals surface area contributed by atoms with Gasteiger partial charge >= 0.3 is 6.09 Å². The lowest BCUT2D eigenvalue weighted by Crippen LogP contribution is -2.55. The summed E-state index contributed by atoms with van der Waals surface area (Å²) in [6, 6.07) is 12.8. The van der Waals surface area contributed by atoms with E-state index in [0.29, 0.717) is 13.0 Å². The molecule has 3 N–H and O–H groups in total. The molecule has 0 aromatic heterocycles. The Morgan fingerprint density at radius 2 is 1.87 bits per heavy atom. The zero-order chi connectivity index (χ0) is 21.3. The van der Waals surface area contributed by atoms with Crippen LogP contribution in [0.5, 0.6) is 0 Å². The first-order valence-electron chi connectivity index (χ1n) is 9.87. The van der Waals surface area contributed by atoms with Crippen molar-refractivity contribution in [3.05, 3.63) is 71.0 Å². The lowest BCUT2D eigenvalue weighted by Gasteiger charge is -2.41. The van der Waals surface area contributed by atoms with Crippen molar-refractivity contribution in [2.75, 3.05) is 13.2 Å². The van der Waals surface area contributed by atoms with E-state index in [2.05, 4.69) is 5.32 Å². The molecule has 2 aromatic carbocycles. The van der Waals surface area contributed by atoms with Crippen LogP contribution in [0.25, 0.3) is 0 Å². The van der Waals surface area contributed by atoms with Crippen LogP contribution in [0.4, 0.5) is 9.18 Å².